The van der Waals surface area contributed by atoms with E-state index in [2.05, 4.69) is 0 Å². The molecule has 0 aromatic heterocycles. The molecule has 1 unspecified atom stereocenters. The second kappa shape index (κ2) is 8.50. The molecule has 0 saturated carbocycles. The molecular weight excluding hydrogens is 206 g/mol. The van der Waals surface area contributed by atoms with Crippen molar-refractivity contribution in [1.82, 2.24) is 4.90 Å². The Balaban J connectivity index is 4.03. The van der Waals surface area contributed by atoms with E-state index >= 15 is 0 Å². The van der Waals surface area contributed by atoms with Crippen molar-refractivity contribution in [3.05, 3.63) is 0 Å². The maximum atomic E-state index is 10.9. The predicted octanol–water partition coefficient (Wildman–Crippen LogP) is -0.0640. The fourth-order valence-corrected chi connectivity index (χ4v) is 1.53. The fourth-order valence-electron chi connectivity index (χ4n) is 1.53. The van der Waals surface area contributed by atoms with Gasteiger partial charge in [0.15, 0.2) is 0 Å². The summed E-state index contributed by atoms with van der Waals surface area (Å²) >= 11 is 0. The van der Waals surface area contributed by atoms with Crippen molar-refractivity contribution in [2.24, 2.45) is 11.5 Å². The van der Waals surface area contributed by atoms with E-state index in [1.54, 1.807) is 0 Å². The smallest absolute Gasteiger partial charge is 0.231 e. The van der Waals surface area contributed by atoms with Gasteiger partial charge in [0.1, 0.15) is 0 Å². The van der Waals surface area contributed by atoms with Gasteiger partial charge in [0.2, 0.25) is 5.91 Å². The Kier molecular flexibility index (Phi) is 8.15. The van der Waals surface area contributed by atoms with Crippen molar-refractivity contribution in [2.75, 3.05) is 26.2 Å². The third-order valence-electron chi connectivity index (χ3n) is 2.49. The number of rotatable bonds is 9. The molecule has 0 saturated heterocycles. The number of hydrogen-bond acceptors (Lipinski definition) is 4. The van der Waals surface area contributed by atoms with Gasteiger partial charge in [0, 0.05) is 25.7 Å². The lowest BCUT2D eigenvalue weighted by Gasteiger charge is -2.26. The van der Waals surface area contributed by atoms with Gasteiger partial charge >= 0.3 is 0 Å². The molecule has 0 spiro atoms. The second-order valence-corrected chi connectivity index (χ2v) is 4.13. The fraction of sp³-hybridized carbons (Fsp3) is 0.909. The number of ether oxygens (including phenoxy) is 1. The molecule has 0 radical (unpaired) electrons. The normalized spacial score (nSPS) is 13.4. The van der Waals surface area contributed by atoms with Crippen molar-refractivity contribution in [2.45, 2.75) is 39.3 Å². The molecule has 0 aliphatic carbocycles. The molecule has 0 bridgehead atoms. The SMILES string of the molecule is CCOC(CN)CCN(CC(N)=O)C(C)C. The number of carbonyl (C=O) groups excluding carboxylic acids is 1. The van der Waals surface area contributed by atoms with Crippen LogP contribution >= 0.6 is 0 Å². The first-order chi connectivity index (χ1) is 7.51. The highest BCUT2D eigenvalue weighted by molar-refractivity contribution is 5.75. The monoisotopic (exact) mass is 231 g/mol. The first kappa shape index (κ1) is 15.3. The quantitative estimate of drug-likeness (QED) is 0.582. The summed E-state index contributed by atoms with van der Waals surface area (Å²) in [5.74, 6) is -0.297. The number of nitrogens with two attached hydrogens (primary N) is 2. The Hall–Kier alpha value is -0.650. The molecule has 16 heavy (non-hydrogen) atoms. The van der Waals surface area contributed by atoms with E-state index in [9.17, 15) is 4.79 Å². The van der Waals surface area contributed by atoms with Crippen LogP contribution in [0.4, 0.5) is 0 Å². The van der Waals surface area contributed by atoms with Crippen LogP contribution in [0.5, 0.6) is 0 Å². The van der Waals surface area contributed by atoms with Gasteiger partial charge in [-0.1, -0.05) is 0 Å². The number of carbonyl (C=O) groups is 1. The number of hydrogen-bond donors (Lipinski definition) is 2. The molecule has 4 N–H and O–H groups in total. The summed E-state index contributed by atoms with van der Waals surface area (Å²) in [6, 6.07) is 0.299. The van der Waals surface area contributed by atoms with E-state index in [-0.39, 0.29) is 12.0 Å². The Morgan fingerprint density at radius 1 is 1.44 bits per heavy atom. The average molecular weight is 231 g/mol. The molecule has 0 rings (SSSR count). The molecule has 0 aromatic rings. The van der Waals surface area contributed by atoms with E-state index in [0.717, 1.165) is 13.0 Å². The van der Waals surface area contributed by atoms with Crippen LogP contribution in [0.3, 0.4) is 0 Å². The topological polar surface area (TPSA) is 81.6 Å². The zero-order chi connectivity index (χ0) is 12.6. The van der Waals surface area contributed by atoms with Crippen LogP contribution in [0.25, 0.3) is 0 Å². The summed E-state index contributed by atoms with van der Waals surface area (Å²) in [4.78, 5) is 12.9. The lowest BCUT2D eigenvalue weighted by molar-refractivity contribution is -0.119. The highest BCUT2D eigenvalue weighted by Gasteiger charge is 2.14. The van der Waals surface area contributed by atoms with Crippen LogP contribution in [-0.2, 0) is 9.53 Å². The predicted molar refractivity (Wildman–Crippen MR) is 65.0 cm³/mol. The standard InChI is InChI=1S/C11H25N3O2/c1-4-16-10(7-12)5-6-14(9(2)3)8-11(13)15/h9-10H,4-8,12H2,1-3H3,(H2,13,15). The van der Waals surface area contributed by atoms with E-state index in [1.807, 2.05) is 25.7 Å². The first-order valence-electron chi connectivity index (χ1n) is 5.85. The van der Waals surface area contributed by atoms with Gasteiger partial charge in [0.05, 0.1) is 12.6 Å². The van der Waals surface area contributed by atoms with Gasteiger partial charge in [-0.3, -0.25) is 9.69 Å². The van der Waals surface area contributed by atoms with E-state index in [1.165, 1.54) is 0 Å². The van der Waals surface area contributed by atoms with Crippen LogP contribution in [0.15, 0.2) is 0 Å². The van der Waals surface area contributed by atoms with Crippen LogP contribution in [0.2, 0.25) is 0 Å². The van der Waals surface area contributed by atoms with E-state index < -0.39 is 0 Å². The minimum Gasteiger partial charge on any atom is -0.377 e. The average Bonchev–Trinajstić information content (AvgIpc) is 2.21. The first-order valence-corrected chi connectivity index (χ1v) is 5.85. The maximum absolute atomic E-state index is 10.9. The van der Waals surface area contributed by atoms with Gasteiger partial charge in [-0.05, 0) is 27.2 Å². The van der Waals surface area contributed by atoms with Gasteiger partial charge in [-0.25, -0.2) is 0 Å². The summed E-state index contributed by atoms with van der Waals surface area (Å²) in [5.41, 5.74) is 10.8. The summed E-state index contributed by atoms with van der Waals surface area (Å²) in [7, 11) is 0. The largest absolute Gasteiger partial charge is 0.377 e. The highest BCUT2D eigenvalue weighted by Crippen LogP contribution is 2.03. The van der Waals surface area contributed by atoms with Crippen LogP contribution < -0.4 is 11.5 Å². The third-order valence-corrected chi connectivity index (χ3v) is 2.49. The third kappa shape index (κ3) is 6.76. The Bertz CT molecular complexity index is 198. The van der Waals surface area contributed by atoms with Gasteiger partial charge in [-0.2, -0.15) is 0 Å². The molecule has 1 amide bonds. The van der Waals surface area contributed by atoms with Crippen LogP contribution in [0.1, 0.15) is 27.2 Å². The Labute approximate surface area is 98.1 Å². The Morgan fingerprint density at radius 2 is 2.06 bits per heavy atom. The Morgan fingerprint density at radius 3 is 2.44 bits per heavy atom. The zero-order valence-electron chi connectivity index (χ0n) is 10.6. The van der Waals surface area contributed by atoms with E-state index in [0.29, 0.717) is 25.7 Å². The van der Waals surface area contributed by atoms with Gasteiger partial charge in [0.25, 0.3) is 0 Å². The summed E-state index contributed by atoms with van der Waals surface area (Å²) < 4.78 is 5.46. The maximum Gasteiger partial charge on any atom is 0.231 e. The molecule has 0 aliphatic heterocycles. The molecule has 96 valence electrons. The number of amides is 1. The molecule has 5 heteroatoms. The number of nitrogens with zero attached hydrogens (tertiary/aromatic N) is 1. The minimum absolute atomic E-state index is 0.0686. The van der Waals surface area contributed by atoms with Crippen molar-refractivity contribution < 1.29 is 9.53 Å². The lowest BCUT2D eigenvalue weighted by atomic mass is 10.2. The second-order valence-electron chi connectivity index (χ2n) is 4.13. The molecule has 5 nitrogen and oxygen atoms in total. The number of primary amides is 1. The highest BCUT2D eigenvalue weighted by atomic mass is 16.5. The molecule has 0 heterocycles. The van der Waals surface area contributed by atoms with Crippen molar-refractivity contribution in [3.63, 3.8) is 0 Å². The van der Waals surface area contributed by atoms with Crippen molar-refractivity contribution in [1.29, 1.82) is 0 Å². The zero-order valence-corrected chi connectivity index (χ0v) is 10.6. The summed E-state index contributed by atoms with van der Waals surface area (Å²) in [6.07, 6.45) is 0.898. The van der Waals surface area contributed by atoms with Crippen molar-refractivity contribution in [3.8, 4) is 0 Å². The van der Waals surface area contributed by atoms with Gasteiger partial charge < -0.3 is 16.2 Å². The molecular formula is C11H25N3O2. The van der Waals surface area contributed by atoms with Gasteiger partial charge in [-0.15, -0.1) is 0 Å². The van der Waals surface area contributed by atoms with Crippen LogP contribution in [-0.4, -0.2) is 49.2 Å². The van der Waals surface area contributed by atoms with Crippen molar-refractivity contribution >= 4 is 5.91 Å². The van der Waals surface area contributed by atoms with E-state index in [4.69, 9.17) is 16.2 Å². The minimum atomic E-state index is -0.297. The molecule has 0 aliphatic rings. The lowest BCUT2D eigenvalue weighted by Crippen LogP contribution is -2.41. The molecule has 0 aromatic carbocycles. The van der Waals surface area contributed by atoms with Crippen LogP contribution in [0, 0.1) is 0 Å². The summed E-state index contributed by atoms with van der Waals surface area (Å²) in [5, 5.41) is 0. The summed E-state index contributed by atoms with van der Waals surface area (Å²) in [6.45, 7) is 8.29. The molecule has 1 atom stereocenters. The molecule has 0 fully saturated rings.